The number of nitrogen functional groups attached to an aromatic ring is 1. The molecule has 11 heteroatoms. The van der Waals surface area contributed by atoms with Gasteiger partial charge in [0.25, 0.3) is 5.56 Å². The number of carbonyl (C=O) groups is 1. The summed E-state index contributed by atoms with van der Waals surface area (Å²) in [6, 6.07) is -0.675. The number of esters is 1. The van der Waals surface area contributed by atoms with Crippen molar-refractivity contribution in [2.75, 3.05) is 25.6 Å². The number of fused-ring (bicyclic) bond motifs is 1. The van der Waals surface area contributed by atoms with Crippen LogP contribution in [0.5, 0.6) is 0 Å². The molecule has 2 atom stereocenters. The van der Waals surface area contributed by atoms with Gasteiger partial charge in [0, 0.05) is 19.1 Å². The highest BCUT2D eigenvalue weighted by molar-refractivity contribution is 5.85. The van der Waals surface area contributed by atoms with Gasteiger partial charge in [0.15, 0.2) is 11.2 Å². The summed E-state index contributed by atoms with van der Waals surface area (Å²) < 4.78 is 13.3. The number of aromatic nitrogens is 4. The second-order valence-electron chi connectivity index (χ2n) is 11.5. The molecule has 236 valence electrons. The lowest BCUT2D eigenvalue weighted by atomic mass is 10.0. The van der Waals surface area contributed by atoms with E-state index in [9.17, 15) is 9.59 Å². The zero-order valence-electron chi connectivity index (χ0n) is 25.6. The normalized spacial score (nSPS) is 12.9. The number of rotatable bonds is 23. The Morgan fingerprint density at radius 2 is 1.51 bits per heavy atom. The van der Waals surface area contributed by atoms with Crippen molar-refractivity contribution in [3.63, 3.8) is 0 Å². The molecule has 0 aliphatic carbocycles. The first-order valence-corrected chi connectivity index (χ1v) is 15.5. The van der Waals surface area contributed by atoms with Gasteiger partial charge in [0.2, 0.25) is 5.95 Å². The van der Waals surface area contributed by atoms with E-state index in [1.54, 1.807) is 10.9 Å². The molecular weight excluding hydrogens is 544 g/mol. The van der Waals surface area contributed by atoms with Crippen LogP contribution < -0.4 is 17.0 Å². The Hall–Kier alpha value is -2.17. The number of aromatic amines is 1. The van der Waals surface area contributed by atoms with Crippen LogP contribution in [0.15, 0.2) is 11.1 Å². The second-order valence-corrected chi connectivity index (χ2v) is 11.5. The number of halogens is 1. The summed E-state index contributed by atoms with van der Waals surface area (Å²) in [5.41, 5.74) is 11.9. The van der Waals surface area contributed by atoms with Gasteiger partial charge < -0.3 is 25.5 Å². The number of ether oxygens (including phenoxy) is 2. The lowest BCUT2D eigenvalue weighted by molar-refractivity contribution is -0.148. The topological polar surface area (TPSA) is 151 Å². The third-order valence-electron chi connectivity index (χ3n) is 7.40. The predicted octanol–water partition coefficient (Wildman–Crippen LogP) is 5.76. The van der Waals surface area contributed by atoms with Crippen molar-refractivity contribution < 1.29 is 14.3 Å². The molecule has 2 rings (SSSR count). The number of unbranched alkanes of at least 4 members (excludes halogenated alkanes) is 13. The van der Waals surface area contributed by atoms with Crippen molar-refractivity contribution in [1.82, 2.24) is 19.5 Å². The van der Waals surface area contributed by atoms with E-state index in [0.717, 1.165) is 12.8 Å². The van der Waals surface area contributed by atoms with E-state index in [1.165, 1.54) is 77.0 Å². The maximum absolute atomic E-state index is 12.3. The van der Waals surface area contributed by atoms with E-state index < -0.39 is 12.0 Å². The molecule has 0 spiro atoms. The first-order chi connectivity index (χ1) is 19.3. The molecule has 2 aromatic heterocycles. The number of anilines is 1. The summed E-state index contributed by atoms with van der Waals surface area (Å²) in [7, 11) is 0. The standard InChI is InChI=1S/C30H54N6O4.ClH/c1-4-5-6-7-8-9-10-11-12-13-14-15-16-17-18-39-20-24(21-40-29(38)25(31)23(2)3)19-36-22-33-26-27(36)34-30(32)35-28(26)37;/h22-25H,4-21,31H2,1-3H3,(H3,32,34,35,37);1H/t24?,25-;/m0./s1. The van der Waals surface area contributed by atoms with Crippen molar-refractivity contribution >= 4 is 35.5 Å². The number of H-pyrrole nitrogens is 1. The van der Waals surface area contributed by atoms with Crippen LogP contribution in [0, 0.1) is 11.8 Å². The summed E-state index contributed by atoms with van der Waals surface area (Å²) in [6.07, 6.45) is 20.0. The van der Waals surface area contributed by atoms with Gasteiger partial charge in [-0.25, -0.2) is 4.98 Å². The monoisotopic (exact) mass is 598 g/mol. The molecule has 10 nitrogen and oxygen atoms in total. The Morgan fingerprint density at radius 1 is 0.951 bits per heavy atom. The van der Waals surface area contributed by atoms with Crippen LogP contribution in [0.3, 0.4) is 0 Å². The average Bonchev–Trinajstić information content (AvgIpc) is 3.33. The molecule has 41 heavy (non-hydrogen) atoms. The molecule has 1 unspecified atom stereocenters. The third kappa shape index (κ3) is 14.5. The molecule has 0 saturated heterocycles. The molecule has 0 bridgehead atoms. The molecule has 0 aromatic carbocycles. The highest BCUT2D eigenvalue weighted by Crippen LogP contribution is 2.14. The highest BCUT2D eigenvalue weighted by atomic mass is 35.5. The zero-order chi connectivity index (χ0) is 29.2. The van der Waals surface area contributed by atoms with Gasteiger partial charge >= 0.3 is 5.97 Å². The van der Waals surface area contributed by atoms with E-state index in [4.69, 9.17) is 20.9 Å². The van der Waals surface area contributed by atoms with Crippen LogP contribution in [-0.2, 0) is 20.8 Å². The molecule has 5 N–H and O–H groups in total. The fourth-order valence-corrected chi connectivity index (χ4v) is 4.75. The maximum atomic E-state index is 12.3. The fourth-order valence-electron chi connectivity index (χ4n) is 4.75. The molecule has 0 aliphatic rings. The van der Waals surface area contributed by atoms with Crippen molar-refractivity contribution in [1.29, 1.82) is 0 Å². The van der Waals surface area contributed by atoms with E-state index in [-0.39, 0.29) is 47.9 Å². The maximum Gasteiger partial charge on any atom is 0.323 e. The first-order valence-electron chi connectivity index (χ1n) is 15.5. The van der Waals surface area contributed by atoms with Gasteiger partial charge in [-0.3, -0.25) is 14.6 Å². The minimum atomic E-state index is -0.675. The minimum absolute atomic E-state index is 0. The van der Waals surface area contributed by atoms with Gasteiger partial charge in [0.1, 0.15) is 6.04 Å². The molecule has 0 aliphatic heterocycles. The molecule has 2 aromatic rings. The Balaban J connectivity index is 0.00000840. The van der Waals surface area contributed by atoms with E-state index in [2.05, 4.69) is 21.9 Å². The van der Waals surface area contributed by atoms with Crippen LogP contribution in [0.25, 0.3) is 11.2 Å². The van der Waals surface area contributed by atoms with Gasteiger partial charge in [-0.05, 0) is 12.3 Å². The summed E-state index contributed by atoms with van der Waals surface area (Å²) in [5.74, 6) is -0.575. The molecule has 0 radical (unpaired) electrons. The number of hydrogen-bond acceptors (Lipinski definition) is 8. The molecule has 0 saturated carbocycles. The Morgan fingerprint density at radius 3 is 2.07 bits per heavy atom. The number of carbonyl (C=O) groups excluding carboxylic acids is 1. The van der Waals surface area contributed by atoms with Crippen molar-refractivity contribution in [2.24, 2.45) is 17.6 Å². The third-order valence-corrected chi connectivity index (χ3v) is 7.40. The Kier molecular flexibility index (Phi) is 19.3. The Bertz CT molecular complexity index is 1030. The number of nitrogens with one attached hydrogen (secondary N) is 1. The SMILES string of the molecule is CCCCCCCCCCCCCCCCOCC(COC(=O)[C@@H](N)C(C)C)Cn1cnc2c(=O)[nH]c(N)nc21.Cl. The van der Waals surface area contributed by atoms with Gasteiger partial charge in [0.05, 0.1) is 19.5 Å². The quantitative estimate of drug-likeness (QED) is 0.108. The summed E-state index contributed by atoms with van der Waals surface area (Å²) in [4.78, 5) is 35.3. The van der Waals surface area contributed by atoms with Gasteiger partial charge in [-0.1, -0.05) is 104 Å². The summed E-state index contributed by atoms with van der Waals surface area (Å²) in [5, 5.41) is 0. The highest BCUT2D eigenvalue weighted by Gasteiger charge is 2.22. The largest absolute Gasteiger partial charge is 0.464 e. The minimum Gasteiger partial charge on any atom is -0.464 e. The smallest absolute Gasteiger partial charge is 0.323 e. The number of nitrogens with zero attached hydrogens (tertiary/aromatic N) is 3. The lowest BCUT2D eigenvalue weighted by Crippen LogP contribution is -2.38. The van der Waals surface area contributed by atoms with Crippen LogP contribution in [0.4, 0.5) is 5.95 Å². The summed E-state index contributed by atoms with van der Waals surface area (Å²) >= 11 is 0. The van der Waals surface area contributed by atoms with Crippen molar-refractivity contribution in [3.8, 4) is 0 Å². The van der Waals surface area contributed by atoms with Crippen LogP contribution in [0.1, 0.15) is 111 Å². The van der Waals surface area contributed by atoms with Crippen molar-refractivity contribution in [2.45, 2.75) is 123 Å². The van der Waals surface area contributed by atoms with Gasteiger partial charge in [-0.15, -0.1) is 12.4 Å². The average molecular weight is 599 g/mol. The molecule has 0 amide bonds. The number of hydrogen-bond donors (Lipinski definition) is 3. The first kappa shape index (κ1) is 36.9. The van der Waals surface area contributed by atoms with Crippen LogP contribution >= 0.6 is 12.4 Å². The second kappa shape index (κ2) is 21.5. The van der Waals surface area contributed by atoms with Crippen molar-refractivity contribution in [3.05, 3.63) is 16.7 Å². The van der Waals surface area contributed by atoms with E-state index in [1.807, 2.05) is 13.8 Å². The predicted molar refractivity (Wildman–Crippen MR) is 168 cm³/mol. The molecular formula is C30H55ClN6O4. The van der Waals surface area contributed by atoms with Crippen LogP contribution in [-0.4, -0.2) is 51.4 Å². The Labute approximate surface area is 252 Å². The van der Waals surface area contributed by atoms with E-state index in [0.29, 0.717) is 25.4 Å². The molecule has 0 fully saturated rings. The van der Waals surface area contributed by atoms with E-state index >= 15 is 0 Å². The number of imidazole rings is 1. The zero-order valence-corrected chi connectivity index (χ0v) is 26.4. The fraction of sp³-hybridized carbons (Fsp3) is 0.800. The van der Waals surface area contributed by atoms with Crippen LogP contribution in [0.2, 0.25) is 0 Å². The summed E-state index contributed by atoms with van der Waals surface area (Å²) in [6.45, 7) is 7.65. The lowest BCUT2D eigenvalue weighted by Gasteiger charge is -2.20. The number of nitrogens with two attached hydrogens (primary N) is 2. The molecule has 2 heterocycles. The van der Waals surface area contributed by atoms with Gasteiger partial charge in [-0.2, -0.15) is 4.98 Å².